The summed E-state index contributed by atoms with van der Waals surface area (Å²) < 4.78 is 0. The minimum atomic E-state index is -0.307. The molecule has 184 valence electrons. The number of ketones is 1. The van der Waals surface area contributed by atoms with Crippen LogP contribution in [0.25, 0.3) is 0 Å². The lowest BCUT2D eigenvalue weighted by Crippen LogP contribution is -2.59. The third-order valence-corrected chi connectivity index (χ3v) is 7.50. The molecular weight excluding hydrogens is 466 g/mol. The molecule has 2 aromatic carbocycles. The third kappa shape index (κ3) is 4.97. The average molecular weight is 496 g/mol. The zero-order valence-electron chi connectivity index (χ0n) is 19.8. The first-order valence-corrected chi connectivity index (χ1v) is 12.4. The summed E-state index contributed by atoms with van der Waals surface area (Å²) in [5.74, 6) is -0.436. The molecule has 2 amide bonds. The van der Waals surface area contributed by atoms with Gasteiger partial charge in [0.1, 0.15) is 0 Å². The quantitative estimate of drug-likeness (QED) is 0.637. The maximum absolute atomic E-state index is 13.6. The van der Waals surface area contributed by atoms with E-state index in [0.717, 1.165) is 5.69 Å². The van der Waals surface area contributed by atoms with Crippen molar-refractivity contribution in [1.82, 2.24) is 20.1 Å². The number of para-hydroxylation sites is 1. The number of nitrogens with zero attached hydrogens (tertiary/aromatic N) is 4. The second kappa shape index (κ2) is 10.1. The molecule has 35 heavy (non-hydrogen) atoms. The van der Waals surface area contributed by atoms with Crippen LogP contribution in [0.2, 0.25) is 5.02 Å². The third-order valence-electron chi connectivity index (χ3n) is 7.25. The molecule has 3 saturated heterocycles. The summed E-state index contributed by atoms with van der Waals surface area (Å²) in [5, 5.41) is 2.21. The second-order valence-corrected chi connectivity index (χ2v) is 10.1. The SMILES string of the molecule is CN1CC(C(=O)N2CCN(CC(=O)c3ccc(Cl)cc3)CC2)C2NN(c3ccccc3)C(=O)C2C1. The molecular formula is C26H30ClN5O3. The Kier molecular flexibility index (Phi) is 6.88. The summed E-state index contributed by atoms with van der Waals surface area (Å²) in [6.45, 7) is 3.99. The Hall–Kier alpha value is -2.78. The van der Waals surface area contributed by atoms with Gasteiger partial charge in [0.15, 0.2) is 5.78 Å². The lowest BCUT2D eigenvalue weighted by Gasteiger charge is -2.41. The van der Waals surface area contributed by atoms with Crippen molar-refractivity contribution in [2.45, 2.75) is 6.04 Å². The minimum absolute atomic E-state index is 0.0103. The fourth-order valence-electron chi connectivity index (χ4n) is 5.35. The molecule has 0 saturated carbocycles. The van der Waals surface area contributed by atoms with Gasteiger partial charge in [-0.25, -0.2) is 10.4 Å². The lowest BCUT2D eigenvalue weighted by atomic mass is 9.84. The van der Waals surface area contributed by atoms with Crippen LogP contribution in [0.3, 0.4) is 0 Å². The van der Waals surface area contributed by atoms with Crippen molar-refractivity contribution in [3.05, 3.63) is 65.2 Å². The van der Waals surface area contributed by atoms with Crippen LogP contribution < -0.4 is 10.4 Å². The Morgan fingerprint density at radius 2 is 1.66 bits per heavy atom. The molecule has 9 heteroatoms. The number of likely N-dealkylation sites (tertiary alicyclic amines) is 1. The summed E-state index contributed by atoms with van der Waals surface area (Å²) in [7, 11) is 1.97. The van der Waals surface area contributed by atoms with Gasteiger partial charge in [-0.15, -0.1) is 0 Å². The number of rotatable bonds is 5. The number of fused-ring (bicyclic) bond motifs is 1. The van der Waals surface area contributed by atoms with Crippen LogP contribution in [0.4, 0.5) is 5.69 Å². The van der Waals surface area contributed by atoms with E-state index in [4.69, 9.17) is 11.6 Å². The van der Waals surface area contributed by atoms with Crippen molar-refractivity contribution >= 4 is 34.9 Å². The number of hydrazine groups is 1. The molecule has 0 aromatic heterocycles. The van der Waals surface area contributed by atoms with E-state index in [0.29, 0.717) is 56.4 Å². The van der Waals surface area contributed by atoms with Crippen LogP contribution in [-0.4, -0.2) is 91.2 Å². The Labute approximate surface area is 210 Å². The Morgan fingerprint density at radius 1 is 0.971 bits per heavy atom. The molecule has 3 unspecified atom stereocenters. The number of hydrogen-bond donors (Lipinski definition) is 1. The number of carbonyl (C=O) groups excluding carboxylic acids is 3. The van der Waals surface area contributed by atoms with Gasteiger partial charge < -0.3 is 9.80 Å². The van der Waals surface area contributed by atoms with Crippen LogP contribution in [0.1, 0.15) is 10.4 Å². The maximum atomic E-state index is 13.6. The molecule has 3 aliphatic rings. The number of benzene rings is 2. The molecule has 5 rings (SSSR count). The number of halogens is 1. The predicted molar refractivity (Wildman–Crippen MR) is 134 cm³/mol. The van der Waals surface area contributed by atoms with E-state index in [2.05, 4.69) is 15.2 Å². The number of hydrogen-bond acceptors (Lipinski definition) is 6. The highest BCUT2D eigenvalue weighted by atomic mass is 35.5. The highest BCUT2D eigenvalue weighted by molar-refractivity contribution is 6.30. The summed E-state index contributed by atoms with van der Waals surface area (Å²) in [4.78, 5) is 45.5. The first-order chi connectivity index (χ1) is 16.9. The van der Waals surface area contributed by atoms with Crippen LogP contribution in [0.5, 0.6) is 0 Å². The molecule has 0 aliphatic carbocycles. The number of carbonyl (C=O) groups is 3. The molecule has 8 nitrogen and oxygen atoms in total. The van der Waals surface area contributed by atoms with Crippen molar-refractivity contribution in [2.75, 3.05) is 57.9 Å². The highest BCUT2D eigenvalue weighted by Gasteiger charge is 2.51. The Balaban J connectivity index is 1.21. The van der Waals surface area contributed by atoms with E-state index in [-0.39, 0.29) is 35.5 Å². The first-order valence-electron chi connectivity index (χ1n) is 12.0. The summed E-state index contributed by atoms with van der Waals surface area (Å²) in [6, 6.07) is 16.2. The van der Waals surface area contributed by atoms with Gasteiger partial charge in [0.25, 0.3) is 0 Å². The van der Waals surface area contributed by atoms with Crippen molar-refractivity contribution in [1.29, 1.82) is 0 Å². The van der Waals surface area contributed by atoms with E-state index in [1.165, 1.54) is 0 Å². The van der Waals surface area contributed by atoms with E-state index < -0.39 is 0 Å². The Morgan fingerprint density at radius 3 is 2.34 bits per heavy atom. The molecule has 2 aromatic rings. The van der Waals surface area contributed by atoms with Crippen LogP contribution in [0, 0.1) is 11.8 Å². The average Bonchev–Trinajstić information content (AvgIpc) is 3.20. The largest absolute Gasteiger partial charge is 0.340 e. The fraction of sp³-hybridized carbons (Fsp3) is 0.423. The molecule has 3 aliphatic heterocycles. The molecule has 3 atom stereocenters. The van der Waals surface area contributed by atoms with Gasteiger partial charge in [-0.3, -0.25) is 19.3 Å². The van der Waals surface area contributed by atoms with E-state index in [9.17, 15) is 14.4 Å². The molecule has 0 spiro atoms. The van der Waals surface area contributed by atoms with Gasteiger partial charge in [0, 0.05) is 49.9 Å². The number of Topliss-reactive ketones (excluding diaryl/α,β-unsaturated/α-hetero) is 1. The zero-order chi connectivity index (χ0) is 24.5. The summed E-state index contributed by atoms with van der Waals surface area (Å²) in [6.07, 6.45) is 0. The normalized spacial score (nSPS) is 25.5. The summed E-state index contributed by atoms with van der Waals surface area (Å²) in [5.41, 5.74) is 4.79. The molecule has 1 N–H and O–H groups in total. The predicted octanol–water partition coefficient (Wildman–Crippen LogP) is 1.76. The number of piperidine rings is 1. The van der Waals surface area contributed by atoms with Crippen molar-refractivity contribution < 1.29 is 14.4 Å². The van der Waals surface area contributed by atoms with Crippen LogP contribution in [0.15, 0.2) is 54.6 Å². The number of nitrogens with one attached hydrogen (secondary N) is 1. The minimum Gasteiger partial charge on any atom is -0.340 e. The fourth-order valence-corrected chi connectivity index (χ4v) is 5.47. The monoisotopic (exact) mass is 495 g/mol. The van der Waals surface area contributed by atoms with Crippen molar-refractivity contribution in [3.63, 3.8) is 0 Å². The van der Waals surface area contributed by atoms with Crippen molar-refractivity contribution in [3.8, 4) is 0 Å². The molecule has 3 fully saturated rings. The zero-order valence-corrected chi connectivity index (χ0v) is 20.5. The van der Waals surface area contributed by atoms with Gasteiger partial charge in [-0.2, -0.15) is 0 Å². The number of anilines is 1. The van der Waals surface area contributed by atoms with Crippen LogP contribution in [-0.2, 0) is 9.59 Å². The summed E-state index contributed by atoms with van der Waals surface area (Å²) >= 11 is 5.92. The van der Waals surface area contributed by atoms with Crippen LogP contribution >= 0.6 is 11.6 Å². The van der Waals surface area contributed by atoms with E-state index in [1.807, 2.05) is 42.3 Å². The first kappa shape index (κ1) is 23.9. The standard InChI is InChI=1S/C26H30ClN5O3/c1-29-15-21(24-22(16-29)26(35)32(28-24)20-5-3-2-4-6-20)25(34)31-13-11-30(12-14-31)17-23(33)18-7-9-19(27)10-8-18/h2-10,21-22,24,28H,11-17H2,1H3. The Bertz CT molecular complexity index is 1090. The van der Waals surface area contributed by atoms with E-state index in [1.54, 1.807) is 29.3 Å². The number of piperazine rings is 1. The lowest BCUT2D eigenvalue weighted by molar-refractivity contribution is -0.141. The van der Waals surface area contributed by atoms with Crippen molar-refractivity contribution in [2.24, 2.45) is 11.8 Å². The van der Waals surface area contributed by atoms with Gasteiger partial charge in [-0.05, 0) is 43.4 Å². The van der Waals surface area contributed by atoms with Gasteiger partial charge in [-0.1, -0.05) is 29.8 Å². The molecule has 0 radical (unpaired) electrons. The van der Waals surface area contributed by atoms with Gasteiger partial charge in [0.05, 0.1) is 30.1 Å². The maximum Gasteiger partial charge on any atom is 0.247 e. The van der Waals surface area contributed by atoms with E-state index >= 15 is 0 Å². The van der Waals surface area contributed by atoms with Gasteiger partial charge in [0.2, 0.25) is 11.8 Å². The number of amides is 2. The molecule has 3 heterocycles. The topological polar surface area (TPSA) is 76.2 Å². The molecule has 0 bridgehead atoms. The second-order valence-electron chi connectivity index (χ2n) is 9.63. The highest BCUT2D eigenvalue weighted by Crippen LogP contribution is 2.32. The smallest absolute Gasteiger partial charge is 0.247 e. The van der Waals surface area contributed by atoms with Gasteiger partial charge >= 0.3 is 0 Å².